The minimum Gasteiger partial charge on any atom is -0.299 e. The molecular weight excluding hydrogens is 278 g/mol. The molecule has 0 unspecified atom stereocenters. The van der Waals surface area contributed by atoms with Crippen molar-refractivity contribution in [2.45, 2.75) is 26.2 Å². The SMILES string of the molecule is CCCCCN(C)CC(=O)c1ccc(Br)cc1. The van der Waals surface area contributed by atoms with Gasteiger partial charge in [0, 0.05) is 10.0 Å². The number of nitrogens with zero attached hydrogens (tertiary/aromatic N) is 1. The molecule has 0 heterocycles. The van der Waals surface area contributed by atoms with E-state index in [2.05, 4.69) is 27.8 Å². The van der Waals surface area contributed by atoms with Gasteiger partial charge in [0.05, 0.1) is 6.54 Å². The van der Waals surface area contributed by atoms with Crippen LogP contribution in [0.25, 0.3) is 0 Å². The molecule has 1 aromatic rings. The molecule has 0 atom stereocenters. The van der Waals surface area contributed by atoms with Crippen LogP contribution >= 0.6 is 15.9 Å². The Morgan fingerprint density at radius 1 is 1.24 bits per heavy atom. The minimum atomic E-state index is 0.191. The number of halogens is 1. The maximum Gasteiger partial charge on any atom is 0.176 e. The van der Waals surface area contributed by atoms with E-state index < -0.39 is 0 Å². The fourth-order valence-electron chi connectivity index (χ4n) is 1.68. The Balaban J connectivity index is 2.40. The molecule has 0 amide bonds. The number of carbonyl (C=O) groups is 1. The first-order valence-electron chi connectivity index (χ1n) is 6.10. The molecule has 0 aliphatic heterocycles. The number of unbranched alkanes of at least 4 members (excludes halogenated alkanes) is 2. The molecule has 1 rings (SSSR count). The summed E-state index contributed by atoms with van der Waals surface area (Å²) >= 11 is 3.37. The van der Waals surface area contributed by atoms with Crippen molar-refractivity contribution in [1.29, 1.82) is 0 Å². The third-order valence-electron chi connectivity index (χ3n) is 2.72. The molecule has 17 heavy (non-hydrogen) atoms. The molecule has 0 fully saturated rings. The molecule has 94 valence electrons. The van der Waals surface area contributed by atoms with Gasteiger partial charge < -0.3 is 0 Å². The summed E-state index contributed by atoms with van der Waals surface area (Å²) in [5.41, 5.74) is 0.788. The summed E-state index contributed by atoms with van der Waals surface area (Å²) in [5.74, 6) is 0.191. The van der Waals surface area contributed by atoms with Gasteiger partial charge in [-0.25, -0.2) is 0 Å². The minimum absolute atomic E-state index is 0.191. The average molecular weight is 298 g/mol. The normalized spacial score (nSPS) is 10.8. The van der Waals surface area contributed by atoms with E-state index in [-0.39, 0.29) is 5.78 Å². The second-order valence-electron chi connectivity index (χ2n) is 4.37. The van der Waals surface area contributed by atoms with E-state index in [1.165, 1.54) is 19.3 Å². The van der Waals surface area contributed by atoms with E-state index in [1.54, 1.807) is 0 Å². The molecule has 0 radical (unpaired) electrons. The predicted octanol–water partition coefficient (Wildman–Crippen LogP) is 3.75. The van der Waals surface area contributed by atoms with Crippen LogP contribution < -0.4 is 0 Å². The zero-order chi connectivity index (χ0) is 12.7. The first kappa shape index (κ1) is 14.4. The van der Waals surface area contributed by atoms with E-state index in [0.29, 0.717) is 6.54 Å². The van der Waals surface area contributed by atoms with Gasteiger partial charge in [-0.05, 0) is 32.1 Å². The molecule has 0 aromatic heterocycles. The summed E-state index contributed by atoms with van der Waals surface area (Å²) in [4.78, 5) is 14.0. The summed E-state index contributed by atoms with van der Waals surface area (Å²) in [6, 6.07) is 7.55. The predicted molar refractivity (Wildman–Crippen MR) is 75.5 cm³/mol. The first-order valence-corrected chi connectivity index (χ1v) is 6.90. The topological polar surface area (TPSA) is 20.3 Å². The summed E-state index contributed by atoms with van der Waals surface area (Å²) in [6.45, 7) is 3.69. The zero-order valence-corrected chi connectivity index (χ0v) is 12.2. The third kappa shape index (κ3) is 5.46. The van der Waals surface area contributed by atoms with Crippen LogP contribution in [0.1, 0.15) is 36.5 Å². The van der Waals surface area contributed by atoms with Crippen molar-refractivity contribution in [2.24, 2.45) is 0 Å². The highest BCUT2D eigenvalue weighted by molar-refractivity contribution is 9.10. The number of hydrogen-bond donors (Lipinski definition) is 0. The summed E-state index contributed by atoms with van der Waals surface area (Å²) < 4.78 is 1.00. The zero-order valence-electron chi connectivity index (χ0n) is 10.6. The van der Waals surface area contributed by atoms with Crippen LogP contribution in [0, 0.1) is 0 Å². The Labute approximate surface area is 112 Å². The van der Waals surface area contributed by atoms with Crippen LogP contribution in [0.2, 0.25) is 0 Å². The molecular formula is C14H20BrNO. The van der Waals surface area contributed by atoms with Crippen molar-refractivity contribution in [2.75, 3.05) is 20.1 Å². The molecule has 0 aliphatic carbocycles. The number of carbonyl (C=O) groups excluding carboxylic acids is 1. The van der Waals surface area contributed by atoms with Gasteiger partial charge in [0.25, 0.3) is 0 Å². The molecule has 0 bridgehead atoms. The molecule has 2 nitrogen and oxygen atoms in total. The molecule has 3 heteroatoms. The number of hydrogen-bond acceptors (Lipinski definition) is 2. The standard InChI is InChI=1S/C14H20BrNO/c1-3-4-5-10-16(2)11-14(17)12-6-8-13(15)9-7-12/h6-9H,3-5,10-11H2,1-2H3. The van der Waals surface area contributed by atoms with Crippen molar-refractivity contribution < 1.29 is 4.79 Å². The second kappa shape index (κ2) is 7.62. The summed E-state index contributed by atoms with van der Waals surface area (Å²) in [5, 5.41) is 0. The Kier molecular flexibility index (Phi) is 6.45. The van der Waals surface area contributed by atoms with E-state index in [9.17, 15) is 4.79 Å². The lowest BCUT2D eigenvalue weighted by Gasteiger charge is -2.15. The van der Waals surface area contributed by atoms with E-state index in [0.717, 1.165) is 16.6 Å². The highest BCUT2D eigenvalue weighted by Crippen LogP contribution is 2.11. The third-order valence-corrected chi connectivity index (χ3v) is 3.25. The quantitative estimate of drug-likeness (QED) is 0.564. The number of likely N-dealkylation sites (N-methyl/N-ethyl adjacent to an activating group) is 1. The number of ketones is 1. The Morgan fingerprint density at radius 3 is 2.47 bits per heavy atom. The highest BCUT2D eigenvalue weighted by Gasteiger charge is 2.08. The fraction of sp³-hybridized carbons (Fsp3) is 0.500. The number of rotatable bonds is 7. The Morgan fingerprint density at radius 2 is 1.88 bits per heavy atom. The van der Waals surface area contributed by atoms with Crippen molar-refractivity contribution in [3.05, 3.63) is 34.3 Å². The molecule has 1 aromatic carbocycles. The smallest absolute Gasteiger partial charge is 0.176 e. The Hall–Kier alpha value is -0.670. The van der Waals surface area contributed by atoms with Gasteiger partial charge in [-0.3, -0.25) is 9.69 Å². The van der Waals surface area contributed by atoms with Gasteiger partial charge in [-0.15, -0.1) is 0 Å². The van der Waals surface area contributed by atoms with Crippen LogP contribution in [0.4, 0.5) is 0 Å². The van der Waals surface area contributed by atoms with Crippen molar-refractivity contribution >= 4 is 21.7 Å². The molecule has 0 aliphatic rings. The van der Waals surface area contributed by atoms with Gasteiger partial charge >= 0.3 is 0 Å². The van der Waals surface area contributed by atoms with Gasteiger partial charge in [0.15, 0.2) is 5.78 Å². The lowest BCUT2D eigenvalue weighted by atomic mass is 10.1. The van der Waals surface area contributed by atoms with E-state index in [4.69, 9.17) is 0 Å². The average Bonchev–Trinajstić information content (AvgIpc) is 2.30. The fourth-order valence-corrected chi connectivity index (χ4v) is 1.95. The van der Waals surface area contributed by atoms with Crippen LogP contribution in [-0.2, 0) is 0 Å². The number of benzene rings is 1. The van der Waals surface area contributed by atoms with Crippen molar-refractivity contribution in [3.63, 3.8) is 0 Å². The Bertz CT molecular complexity index is 348. The van der Waals surface area contributed by atoms with Crippen LogP contribution in [0.3, 0.4) is 0 Å². The monoisotopic (exact) mass is 297 g/mol. The maximum atomic E-state index is 11.9. The van der Waals surface area contributed by atoms with Crippen molar-refractivity contribution in [3.8, 4) is 0 Å². The molecule has 0 saturated heterocycles. The second-order valence-corrected chi connectivity index (χ2v) is 5.29. The van der Waals surface area contributed by atoms with Gasteiger partial charge in [-0.2, -0.15) is 0 Å². The van der Waals surface area contributed by atoms with Gasteiger partial charge in [0.1, 0.15) is 0 Å². The molecule has 0 N–H and O–H groups in total. The summed E-state index contributed by atoms with van der Waals surface area (Å²) in [6.07, 6.45) is 3.62. The number of Topliss-reactive ketones (excluding diaryl/α,β-unsaturated/α-hetero) is 1. The molecule has 0 spiro atoms. The first-order chi connectivity index (χ1) is 8.13. The highest BCUT2D eigenvalue weighted by atomic mass is 79.9. The van der Waals surface area contributed by atoms with Gasteiger partial charge in [-0.1, -0.05) is 47.8 Å². The summed E-state index contributed by atoms with van der Waals surface area (Å²) in [7, 11) is 2.01. The largest absolute Gasteiger partial charge is 0.299 e. The maximum absolute atomic E-state index is 11.9. The van der Waals surface area contributed by atoms with Crippen LogP contribution in [-0.4, -0.2) is 30.8 Å². The lowest BCUT2D eigenvalue weighted by molar-refractivity contribution is 0.0945. The van der Waals surface area contributed by atoms with E-state index >= 15 is 0 Å². The van der Waals surface area contributed by atoms with Gasteiger partial charge in [0.2, 0.25) is 0 Å². The lowest BCUT2D eigenvalue weighted by Crippen LogP contribution is -2.26. The van der Waals surface area contributed by atoms with Crippen LogP contribution in [0.5, 0.6) is 0 Å². The van der Waals surface area contributed by atoms with Crippen LogP contribution in [0.15, 0.2) is 28.7 Å². The van der Waals surface area contributed by atoms with E-state index in [1.807, 2.05) is 31.3 Å². The van der Waals surface area contributed by atoms with Crippen molar-refractivity contribution in [1.82, 2.24) is 4.90 Å². The molecule has 0 saturated carbocycles.